The van der Waals surface area contributed by atoms with Gasteiger partial charge in [-0.05, 0) is 29.2 Å². The molecule has 0 bridgehead atoms. The zero-order valence-electron chi connectivity index (χ0n) is 14.2. The van der Waals surface area contributed by atoms with Gasteiger partial charge in [0.2, 0.25) is 0 Å². The maximum atomic E-state index is 12.6. The second kappa shape index (κ2) is 7.66. The fourth-order valence-corrected chi connectivity index (χ4v) is 3.02. The number of carbonyl (C=O) groups is 1. The fraction of sp³-hybridized carbons (Fsp3) is 0.200. The number of carbonyl (C=O) groups excluding carboxylic acids is 1. The average Bonchev–Trinajstić information content (AvgIpc) is 3.10. The molecular weight excluding hydrogens is 378 g/mol. The first-order chi connectivity index (χ1) is 12.0. The maximum Gasteiger partial charge on any atom is 0.255 e. The molecule has 0 aliphatic carbocycles. The molecule has 5 heteroatoms. The van der Waals surface area contributed by atoms with Crippen LogP contribution in [0.2, 0.25) is 0 Å². The zero-order chi connectivity index (χ0) is 17.8. The van der Waals surface area contributed by atoms with Gasteiger partial charge < -0.3 is 5.32 Å². The van der Waals surface area contributed by atoms with E-state index in [2.05, 4.69) is 69.6 Å². The predicted molar refractivity (Wildman–Crippen MR) is 103 cm³/mol. The molecule has 0 aliphatic heterocycles. The number of H-pyrrole nitrogens is 1. The van der Waals surface area contributed by atoms with Crippen LogP contribution < -0.4 is 5.32 Å². The highest BCUT2D eigenvalue weighted by Crippen LogP contribution is 2.24. The lowest BCUT2D eigenvalue weighted by molar-refractivity contribution is 0.0951. The summed E-state index contributed by atoms with van der Waals surface area (Å²) in [4.78, 5) is 12.6. The van der Waals surface area contributed by atoms with Gasteiger partial charge in [0.15, 0.2) is 0 Å². The molecule has 2 aromatic carbocycles. The van der Waals surface area contributed by atoms with Crippen LogP contribution in [-0.2, 0) is 6.54 Å². The highest BCUT2D eigenvalue weighted by atomic mass is 79.9. The zero-order valence-corrected chi connectivity index (χ0v) is 15.8. The molecule has 0 radical (unpaired) electrons. The van der Waals surface area contributed by atoms with Gasteiger partial charge in [0.25, 0.3) is 5.91 Å². The van der Waals surface area contributed by atoms with Crippen LogP contribution in [0.15, 0.2) is 59.2 Å². The largest absolute Gasteiger partial charge is 0.348 e. The van der Waals surface area contributed by atoms with Crippen LogP contribution >= 0.6 is 15.9 Å². The van der Waals surface area contributed by atoms with Crippen molar-refractivity contribution < 1.29 is 4.79 Å². The van der Waals surface area contributed by atoms with E-state index < -0.39 is 0 Å². The molecule has 1 heterocycles. The number of nitrogens with zero attached hydrogens (tertiary/aromatic N) is 1. The van der Waals surface area contributed by atoms with Gasteiger partial charge in [0.1, 0.15) is 0 Å². The van der Waals surface area contributed by atoms with Gasteiger partial charge in [-0.2, -0.15) is 5.10 Å². The molecule has 4 nitrogen and oxygen atoms in total. The first-order valence-corrected chi connectivity index (χ1v) is 9.00. The van der Waals surface area contributed by atoms with Gasteiger partial charge in [-0.15, -0.1) is 0 Å². The molecule has 0 saturated carbocycles. The van der Waals surface area contributed by atoms with Gasteiger partial charge in [-0.25, -0.2) is 0 Å². The molecule has 0 fully saturated rings. The van der Waals surface area contributed by atoms with E-state index >= 15 is 0 Å². The molecule has 0 saturated heterocycles. The van der Waals surface area contributed by atoms with Crippen LogP contribution in [0, 0.1) is 0 Å². The molecule has 1 amide bonds. The fourth-order valence-electron chi connectivity index (χ4n) is 2.62. The number of rotatable bonds is 5. The number of halogens is 1. The summed E-state index contributed by atoms with van der Waals surface area (Å²) >= 11 is 3.45. The molecule has 0 aliphatic rings. The standard InChI is InChI=1S/C20H20BrN3O/c1-13(2)15-8-6-14(7-9-15)11-22-20(25)18-12-23-24-19(18)16-4-3-5-17(21)10-16/h3-10,12-13H,11H2,1-2H3,(H,22,25)(H,23,24). The van der Waals surface area contributed by atoms with Crippen molar-refractivity contribution in [3.8, 4) is 11.3 Å². The van der Waals surface area contributed by atoms with E-state index in [4.69, 9.17) is 0 Å². The van der Waals surface area contributed by atoms with E-state index in [9.17, 15) is 4.79 Å². The first-order valence-electron chi connectivity index (χ1n) is 8.21. The van der Waals surface area contributed by atoms with Crippen LogP contribution in [0.3, 0.4) is 0 Å². The van der Waals surface area contributed by atoms with Crippen molar-refractivity contribution in [2.24, 2.45) is 0 Å². The summed E-state index contributed by atoms with van der Waals surface area (Å²) in [5.41, 5.74) is 4.54. The minimum Gasteiger partial charge on any atom is -0.348 e. The van der Waals surface area contributed by atoms with Crippen LogP contribution in [0.4, 0.5) is 0 Å². The van der Waals surface area contributed by atoms with Crippen LogP contribution in [0.5, 0.6) is 0 Å². The Labute approximate surface area is 155 Å². The van der Waals surface area contributed by atoms with E-state index in [0.29, 0.717) is 23.7 Å². The Balaban J connectivity index is 1.71. The highest BCUT2D eigenvalue weighted by molar-refractivity contribution is 9.10. The number of amides is 1. The molecule has 25 heavy (non-hydrogen) atoms. The van der Waals surface area contributed by atoms with Crippen molar-refractivity contribution in [3.63, 3.8) is 0 Å². The molecule has 128 valence electrons. The van der Waals surface area contributed by atoms with Crippen molar-refractivity contribution in [1.29, 1.82) is 0 Å². The Kier molecular flexibility index (Phi) is 5.34. The second-order valence-corrected chi connectivity index (χ2v) is 7.16. The third kappa shape index (κ3) is 4.17. The number of nitrogens with one attached hydrogen (secondary N) is 2. The van der Waals surface area contributed by atoms with Crippen molar-refractivity contribution in [2.75, 3.05) is 0 Å². The number of aromatic nitrogens is 2. The summed E-state index contributed by atoms with van der Waals surface area (Å²) in [6.07, 6.45) is 1.56. The molecular formula is C20H20BrN3O. The molecule has 0 spiro atoms. The predicted octanol–water partition coefficient (Wildman–Crippen LogP) is 4.89. The van der Waals surface area contributed by atoms with Crippen molar-refractivity contribution in [3.05, 3.63) is 75.9 Å². The molecule has 0 atom stereocenters. The summed E-state index contributed by atoms with van der Waals surface area (Å²) in [6, 6.07) is 16.1. The third-order valence-corrected chi connectivity index (χ3v) is 4.59. The maximum absolute atomic E-state index is 12.6. The van der Waals surface area contributed by atoms with E-state index in [0.717, 1.165) is 15.6 Å². The summed E-state index contributed by atoms with van der Waals surface area (Å²) in [7, 11) is 0. The van der Waals surface area contributed by atoms with Gasteiger partial charge in [0, 0.05) is 16.6 Å². The van der Waals surface area contributed by atoms with Crippen molar-refractivity contribution >= 4 is 21.8 Å². The summed E-state index contributed by atoms with van der Waals surface area (Å²) in [5.74, 6) is 0.360. The van der Waals surface area contributed by atoms with Crippen molar-refractivity contribution in [1.82, 2.24) is 15.5 Å². The van der Waals surface area contributed by atoms with E-state index in [1.54, 1.807) is 6.20 Å². The average molecular weight is 398 g/mol. The number of aromatic amines is 1. The van der Waals surface area contributed by atoms with E-state index in [1.807, 2.05) is 24.3 Å². The van der Waals surface area contributed by atoms with Gasteiger partial charge >= 0.3 is 0 Å². The summed E-state index contributed by atoms with van der Waals surface area (Å²) < 4.78 is 0.955. The monoisotopic (exact) mass is 397 g/mol. The smallest absolute Gasteiger partial charge is 0.255 e. The lowest BCUT2D eigenvalue weighted by Crippen LogP contribution is -2.23. The number of hydrogen-bond donors (Lipinski definition) is 2. The normalized spacial score (nSPS) is 10.9. The Morgan fingerprint density at radius 3 is 2.64 bits per heavy atom. The molecule has 3 rings (SSSR count). The Bertz CT molecular complexity index is 869. The summed E-state index contributed by atoms with van der Waals surface area (Å²) in [5, 5.41) is 9.91. The third-order valence-electron chi connectivity index (χ3n) is 4.10. The molecule has 0 unspecified atom stereocenters. The van der Waals surface area contributed by atoms with Crippen LogP contribution in [-0.4, -0.2) is 16.1 Å². The van der Waals surface area contributed by atoms with E-state index in [1.165, 1.54) is 5.56 Å². The number of hydrogen-bond acceptors (Lipinski definition) is 2. The first kappa shape index (κ1) is 17.4. The van der Waals surface area contributed by atoms with Gasteiger partial charge in [-0.3, -0.25) is 9.89 Å². The minimum atomic E-state index is -0.142. The molecule has 1 aromatic heterocycles. The highest BCUT2D eigenvalue weighted by Gasteiger charge is 2.15. The van der Waals surface area contributed by atoms with Gasteiger partial charge in [-0.1, -0.05) is 66.2 Å². The van der Waals surface area contributed by atoms with Crippen molar-refractivity contribution in [2.45, 2.75) is 26.3 Å². The Morgan fingerprint density at radius 2 is 1.96 bits per heavy atom. The topological polar surface area (TPSA) is 57.8 Å². The lowest BCUT2D eigenvalue weighted by atomic mass is 10.0. The van der Waals surface area contributed by atoms with Crippen LogP contribution in [0.1, 0.15) is 41.3 Å². The Hall–Kier alpha value is -2.40. The van der Waals surface area contributed by atoms with E-state index in [-0.39, 0.29) is 5.91 Å². The quantitative estimate of drug-likeness (QED) is 0.643. The Morgan fingerprint density at radius 1 is 1.20 bits per heavy atom. The SMILES string of the molecule is CC(C)c1ccc(CNC(=O)c2cn[nH]c2-c2cccc(Br)c2)cc1. The molecule has 3 aromatic rings. The second-order valence-electron chi connectivity index (χ2n) is 6.25. The lowest BCUT2D eigenvalue weighted by Gasteiger charge is -2.09. The molecule has 2 N–H and O–H groups in total. The minimum absolute atomic E-state index is 0.142. The number of benzene rings is 2. The van der Waals surface area contributed by atoms with Gasteiger partial charge in [0.05, 0.1) is 17.5 Å². The summed E-state index contributed by atoms with van der Waals surface area (Å²) in [6.45, 7) is 4.82. The van der Waals surface area contributed by atoms with Crippen LogP contribution in [0.25, 0.3) is 11.3 Å².